The van der Waals surface area contributed by atoms with E-state index in [1.54, 1.807) is 0 Å². The fourth-order valence-electron chi connectivity index (χ4n) is 3.69. The van der Waals surface area contributed by atoms with Gasteiger partial charge in [-0.1, -0.05) is 0 Å². The van der Waals surface area contributed by atoms with Gasteiger partial charge in [-0.05, 0) is 59.8 Å². The van der Waals surface area contributed by atoms with Crippen molar-refractivity contribution in [3.8, 4) is 0 Å². The van der Waals surface area contributed by atoms with Gasteiger partial charge in [-0.3, -0.25) is 14.7 Å². The predicted molar refractivity (Wildman–Crippen MR) is 106 cm³/mol. The lowest BCUT2D eigenvalue weighted by Gasteiger charge is -2.34. The summed E-state index contributed by atoms with van der Waals surface area (Å²) in [5, 5.41) is 3.41. The number of primary amides is 1. The SMILES string of the molecule is CCNC(=NCCCN(C(C)C)C(C)C)N1CCCC(CC(N)=O)C1. The number of rotatable bonds is 9. The van der Waals surface area contributed by atoms with Gasteiger partial charge in [-0.15, -0.1) is 0 Å². The van der Waals surface area contributed by atoms with Gasteiger partial charge in [0.1, 0.15) is 0 Å². The molecule has 0 aliphatic carbocycles. The summed E-state index contributed by atoms with van der Waals surface area (Å²) in [4.78, 5) is 20.8. The molecule has 0 aromatic carbocycles. The maximum Gasteiger partial charge on any atom is 0.217 e. The van der Waals surface area contributed by atoms with Gasteiger partial charge in [0.05, 0.1) is 0 Å². The minimum atomic E-state index is -0.198. The second-order valence-corrected chi connectivity index (χ2v) is 7.64. The number of carbonyl (C=O) groups excluding carboxylic acids is 1. The summed E-state index contributed by atoms with van der Waals surface area (Å²) in [6, 6.07) is 1.13. The molecule has 1 saturated heterocycles. The zero-order valence-corrected chi connectivity index (χ0v) is 16.9. The van der Waals surface area contributed by atoms with Crippen molar-refractivity contribution in [2.75, 3.05) is 32.7 Å². The molecule has 0 saturated carbocycles. The lowest BCUT2D eigenvalue weighted by atomic mass is 9.95. The van der Waals surface area contributed by atoms with E-state index in [-0.39, 0.29) is 5.91 Å². The molecule has 0 aromatic heterocycles. The first-order valence-electron chi connectivity index (χ1n) is 9.92. The number of hydrogen-bond acceptors (Lipinski definition) is 3. The Morgan fingerprint density at radius 3 is 2.56 bits per heavy atom. The number of guanidine groups is 1. The van der Waals surface area contributed by atoms with Crippen LogP contribution in [0, 0.1) is 5.92 Å². The number of nitrogens with two attached hydrogens (primary N) is 1. The number of piperidine rings is 1. The van der Waals surface area contributed by atoms with Crippen LogP contribution in [0.3, 0.4) is 0 Å². The molecule has 0 aromatic rings. The van der Waals surface area contributed by atoms with E-state index in [1.165, 1.54) is 0 Å². The summed E-state index contributed by atoms with van der Waals surface area (Å²) in [5.41, 5.74) is 5.37. The zero-order chi connectivity index (χ0) is 18.8. The van der Waals surface area contributed by atoms with Crippen LogP contribution >= 0.6 is 0 Å². The Kier molecular flexibility index (Phi) is 9.86. The summed E-state index contributed by atoms with van der Waals surface area (Å²) in [6.07, 6.45) is 3.71. The van der Waals surface area contributed by atoms with E-state index in [4.69, 9.17) is 10.7 Å². The van der Waals surface area contributed by atoms with E-state index in [1.807, 2.05) is 0 Å². The summed E-state index contributed by atoms with van der Waals surface area (Å²) >= 11 is 0. The van der Waals surface area contributed by atoms with Gasteiger partial charge >= 0.3 is 0 Å². The van der Waals surface area contributed by atoms with Crippen molar-refractivity contribution >= 4 is 11.9 Å². The van der Waals surface area contributed by atoms with Crippen LogP contribution in [0.15, 0.2) is 4.99 Å². The smallest absolute Gasteiger partial charge is 0.217 e. The Morgan fingerprint density at radius 2 is 2.00 bits per heavy atom. The maximum absolute atomic E-state index is 11.2. The average Bonchev–Trinajstić information content (AvgIpc) is 2.52. The first kappa shape index (κ1) is 21.7. The molecular formula is C19H39N5O. The zero-order valence-electron chi connectivity index (χ0n) is 16.9. The van der Waals surface area contributed by atoms with Gasteiger partial charge in [0, 0.05) is 51.2 Å². The standard InChI is InChI=1S/C19H39N5O/c1-6-21-19(22-10-8-12-24(15(2)3)16(4)5)23-11-7-9-17(14-23)13-18(20)25/h15-17H,6-14H2,1-5H3,(H2,20,25)(H,21,22). The number of nitrogens with zero attached hydrogens (tertiary/aromatic N) is 3. The highest BCUT2D eigenvalue weighted by atomic mass is 16.1. The normalized spacial score (nSPS) is 19.1. The average molecular weight is 354 g/mol. The van der Waals surface area contributed by atoms with Gasteiger partial charge in [-0.25, -0.2) is 0 Å². The summed E-state index contributed by atoms with van der Waals surface area (Å²) in [5.74, 6) is 1.14. The van der Waals surface area contributed by atoms with E-state index < -0.39 is 0 Å². The largest absolute Gasteiger partial charge is 0.370 e. The van der Waals surface area contributed by atoms with Crippen LogP contribution in [0.1, 0.15) is 60.3 Å². The van der Waals surface area contributed by atoms with Crippen LogP contribution in [0.25, 0.3) is 0 Å². The minimum Gasteiger partial charge on any atom is -0.370 e. The number of carbonyl (C=O) groups is 1. The Balaban J connectivity index is 2.56. The van der Waals surface area contributed by atoms with Gasteiger partial charge in [0.2, 0.25) is 5.91 Å². The third-order valence-electron chi connectivity index (χ3n) is 4.81. The first-order valence-corrected chi connectivity index (χ1v) is 9.92. The second kappa shape index (κ2) is 11.3. The van der Waals surface area contributed by atoms with Crippen LogP contribution in [0.2, 0.25) is 0 Å². The van der Waals surface area contributed by atoms with E-state index >= 15 is 0 Å². The van der Waals surface area contributed by atoms with Gasteiger partial charge in [0.15, 0.2) is 5.96 Å². The molecule has 1 rings (SSSR count). The molecule has 1 amide bonds. The van der Waals surface area contributed by atoms with Crippen LogP contribution in [0.5, 0.6) is 0 Å². The molecule has 1 atom stereocenters. The van der Waals surface area contributed by atoms with Crippen molar-refractivity contribution in [2.24, 2.45) is 16.6 Å². The first-order chi connectivity index (χ1) is 11.8. The maximum atomic E-state index is 11.2. The van der Waals surface area contributed by atoms with Crippen molar-refractivity contribution in [2.45, 2.75) is 72.4 Å². The quantitative estimate of drug-likeness (QED) is 0.378. The lowest BCUT2D eigenvalue weighted by molar-refractivity contribution is -0.119. The van der Waals surface area contributed by atoms with E-state index in [9.17, 15) is 4.79 Å². The van der Waals surface area contributed by atoms with Gasteiger partial charge in [-0.2, -0.15) is 0 Å². The summed E-state index contributed by atoms with van der Waals surface area (Å²) in [6.45, 7) is 15.7. The Bertz CT molecular complexity index is 414. The number of hydrogen-bond donors (Lipinski definition) is 2. The van der Waals surface area contributed by atoms with E-state index in [2.05, 4.69) is 49.7 Å². The number of aliphatic imine (C=N–C) groups is 1. The van der Waals surface area contributed by atoms with E-state index in [0.717, 1.165) is 57.9 Å². The van der Waals surface area contributed by atoms with Crippen LogP contribution < -0.4 is 11.1 Å². The number of likely N-dealkylation sites (tertiary alicyclic amines) is 1. The van der Waals surface area contributed by atoms with Crippen molar-refractivity contribution in [3.05, 3.63) is 0 Å². The molecule has 1 fully saturated rings. The fourth-order valence-corrected chi connectivity index (χ4v) is 3.69. The van der Waals surface area contributed by atoms with Crippen LogP contribution in [-0.4, -0.2) is 66.5 Å². The summed E-state index contributed by atoms with van der Waals surface area (Å²) in [7, 11) is 0. The minimum absolute atomic E-state index is 0.198. The monoisotopic (exact) mass is 353 g/mol. The van der Waals surface area contributed by atoms with Crippen LogP contribution in [0.4, 0.5) is 0 Å². The highest BCUT2D eigenvalue weighted by molar-refractivity contribution is 5.80. The van der Waals surface area contributed by atoms with Crippen molar-refractivity contribution in [1.82, 2.24) is 15.1 Å². The Hall–Kier alpha value is -1.30. The molecule has 1 heterocycles. The molecule has 0 bridgehead atoms. The molecule has 6 heteroatoms. The van der Waals surface area contributed by atoms with Crippen LogP contribution in [-0.2, 0) is 4.79 Å². The molecule has 6 nitrogen and oxygen atoms in total. The topological polar surface area (TPSA) is 74.0 Å². The van der Waals surface area contributed by atoms with Crippen molar-refractivity contribution < 1.29 is 4.79 Å². The fraction of sp³-hybridized carbons (Fsp3) is 0.895. The Labute approximate surface area is 154 Å². The highest BCUT2D eigenvalue weighted by Crippen LogP contribution is 2.19. The third-order valence-corrected chi connectivity index (χ3v) is 4.81. The van der Waals surface area contributed by atoms with Crippen molar-refractivity contribution in [1.29, 1.82) is 0 Å². The molecule has 25 heavy (non-hydrogen) atoms. The molecule has 0 radical (unpaired) electrons. The van der Waals surface area contributed by atoms with Gasteiger partial charge < -0.3 is 16.0 Å². The van der Waals surface area contributed by atoms with Gasteiger partial charge in [0.25, 0.3) is 0 Å². The highest BCUT2D eigenvalue weighted by Gasteiger charge is 2.23. The lowest BCUT2D eigenvalue weighted by Crippen LogP contribution is -2.47. The molecule has 146 valence electrons. The molecule has 0 spiro atoms. The number of nitrogens with one attached hydrogen (secondary N) is 1. The second-order valence-electron chi connectivity index (χ2n) is 7.64. The molecule has 1 unspecified atom stereocenters. The molecule has 1 aliphatic heterocycles. The number of amides is 1. The molecule has 1 aliphatic rings. The predicted octanol–water partition coefficient (Wildman–Crippen LogP) is 2.05. The molecule has 3 N–H and O–H groups in total. The summed E-state index contributed by atoms with van der Waals surface area (Å²) < 4.78 is 0. The van der Waals surface area contributed by atoms with Crippen molar-refractivity contribution in [3.63, 3.8) is 0 Å². The third kappa shape index (κ3) is 8.08. The van der Waals surface area contributed by atoms with E-state index in [0.29, 0.717) is 24.4 Å². The molecular weight excluding hydrogens is 314 g/mol. The Morgan fingerprint density at radius 1 is 1.32 bits per heavy atom.